The number of nitrogens with two attached hydrogens (primary N) is 1. The van der Waals surface area contributed by atoms with Gasteiger partial charge in [-0.05, 0) is 59.7 Å². The van der Waals surface area contributed by atoms with Gasteiger partial charge in [-0.25, -0.2) is 0 Å². The lowest BCUT2D eigenvalue weighted by atomic mass is 10.1. The van der Waals surface area contributed by atoms with E-state index in [-0.39, 0.29) is 0 Å². The molecule has 0 amide bonds. The molecule has 0 unspecified atom stereocenters. The van der Waals surface area contributed by atoms with Crippen molar-refractivity contribution in [3.05, 3.63) is 120 Å². The summed E-state index contributed by atoms with van der Waals surface area (Å²) in [5.74, 6) is 0. The summed E-state index contributed by atoms with van der Waals surface area (Å²) < 4.78 is 0. The minimum absolute atomic E-state index is 0.767. The van der Waals surface area contributed by atoms with Crippen LogP contribution in [0.25, 0.3) is 0 Å². The first-order valence-corrected chi connectivity index (χ1v) is 9.82. The van der Waals surface area contributed by atoms with Gasteiger partial charge < -0.3 is 16.0 Å². The van der Waals surface area contributed by atoms with Crippen molar-refractivity contribution in [2.45, 2.75) is 13.1 Å². The first-order valence-electron chi connectivity index (χ1n) is 9.82. The van der Waals surface area contributed by atoms with Crippen molar-refractivity contribution in [3.8, 4) is 0 Å². The normalized spacial score (nSPS) is 10.5. The lowest BCUT2D eigenvalue weighted by Gasteiger charge is -2.25. The fourth-order valence-electron chi connectivity index (χ4n) is 3.33. The molecule has 0 aliphatic carbocycles. The fraction of sp³-hybridized carbons (Fsp3) is 0.0769. The van der Waals surface area contributed by atoms with Crippen LogP contribution in [-0.4, -0.2) is 0 Å². The average molecular weight is 380 g/mol. The molecule has 0 aliphatic rings. The second-order valence-electron chi connectivity index (χ2n) is 7.12. The zero-order valence-electron chi connectivity index (χ0n) is 16.3. The Morgan fingerprint density at radius 1 is 0.552 bits per heavy atom. The number of benzene rings is 4. The van der Waals surface area contributed by atoms with Gasteiger partial charge in [0.2, 0.25) is 0 Å². The van der Waals surface area contributed by atoms with Crippen molar-refractivity contribution in [1.29, 1.82) is 0 Å². The minimum atomic E-state index is 0.767. The first kappa shape index (κ1) is 18.6. The maximum atomic E-state index is 5.77. The van der Waals surface area contributed by atoms with E-state index in [1.807, 2.05) is 24.3 Å². The van der Waals surface area contributed by atoms with Gasteiger partial charge in [0.25, 0.3) is 0 Å². The van der Waals surface area contributed by atoms with Crippen molar-refractivity contribution in [3.63, 3.8) is 0 Å². The lowest BCUT2D eigenvalue weighted by molar-refractivity contribution is 0.800. The summed E-state index contributed by atoms with van der Waals surface area (Å²) in [6.07, 6.45) is 0. The summed E-state index contributed by atoms with van der Waals surface area (Å²) in [6, 6.07) is 37.5. The molecule has 29 heavy (non-hydrogen) atoms. The summed E-state index contributed by atoms with van der Waals surface area (Å²) in [4.78, 5) is 2.40. The maximum Gasteiger partial charge on any atom is 0.0433 e. The van der Waals surface area contributed by atoms with Gasteiger partial charge in [0, 0.05) is 35.8 Å². The highest BCUT2D eigenvalue weighted by Crippen LogP contribution is 2.24. The average Bonchev–Trinajstić information content (AvgIpc) is 2.77. The number of hydrogen-bond donors (Lipinski definition) is 2. The van der Waals surface area contributed by atoms with Crippen LogP contribution in [0.2, 0.25) is 0 Å². The summed E-state index contributed by atoms with van der Waals surface area (Å²) in [6.45, 7) is 1.72. The molecular formula is C26H25N3. The molecule has 4 aromatic rings. The van der Waals surface area contributed by atoms with E-state index in [1.165, 1.54) is 16.8 Å². The molecule has 144 valence electrons. The molecule has 0 atom stereocenters. The monoisotopic (exact) mass is 379 g/mol. The van der Waals surface area contributed by atoms with Crippen molar-refractivity contribution in [2.75, 3.05) is 16.0 Å². The standard InChI is InChI=1S/C26H25N3/c27-23-11-13-24(14-12-23)28-25-15-17-26(18-16-25)29(19-21-7-3-1-4-8-21)20-22-9-5-2-6-10-22/h1-18,28H,19-20,27H2. The van der Waals surface area contributed by atoms with Crippen molar-refractivity contribution >= 4 is 22.7 Å². The fourth-order valence-corrected chi connectivity index (χ4v) is 3.33. The predicted octanol–water partition coefficient (Wildman–Crippen LogP) is 6.22. The Morgan fingerprint density at radius 2 is 1.00 bits per heavy atom. The molecule has 0 fully saturated rings. The Labute approximate surface area is 172 Å². The first-order chi connectivity index (χ1) is 14.3. The second kappa shape index (κ2) is 8.98. The van der Waals surface area contributed by atoms with E-state index in [2.05, 4.69) is 95.1 Å². The predicted molar refractivity (Wildman–Crippen MR) is 123 cm³/mol. The second-order valence-corrected chi connectivity index (χ2v) is 7.12. The Hall–Kier alpha value is -3.72. The lowest BCUT2D eigenvalue weighted by Crippen LogP contribution is -2.22. The van der Waals surface area contributed by atoms with Gasteiger partial charge in [0.05, 0.1) is 0 Å². The maximum absolute atomic E-state index is 5.77. The molecule has 0 aromatic heterocycles. The van der Waals surface area contributed by atoms with Crippen LogP contribution in [0, 0.1) is 0 Å². The highest BCUT2D eigenvalue weighted by molar-refractivity contribution is 5.64. The molecule has 3 N–H and O–H groups in total. The zero-order chi connectivity index (χ0) is 19.9. The van der Waals surface area contributed by atoms with Crippen LogP contribution < -0.4 is 16.0 Å². The van der Waals surface area contributed by atoms with Gasteiger partial charge in [-0.3, -0.25) is 0 Å². The summed E-state index contributed by atoms with van der Waals surface area (Å²) in [5, 5.41) is 3.42. The van der Waals surface area contributed by atoms with Crippen LogP contribution in [0.15, 0.2) is 109 Å². The van der Waals surface area contributed by atoms with E-state index in [4.69, 9.17) is 5.73 Å². The van der Waals surface area contributed by atoms with Crippen LogP contribution in [0.3, 0.4) is 0 Å². The Balaban J connectivity index is 1.53. The quantitative estimate of drug-likeness (QED) is 0.375. The van der Waals surface area contributed by atoms with Crippen LogP contribution in [0.1, 0.15) is 11.1 Å². The van der Waals surface area contributed by atoms with Crippen LogP contribution >= 0.6 is 0 Å². The van der Waals surface area contributed by atoms with Crippen LogP contribution in [0.5, 0.6) is 0 Å². The number of anilines is 4. The van der Waals surface area contributed by atoms with E-state index in [1.54, 1.807) is 0 Å². The van der Waals surface area contributed by atoms with E-state index in [0.717, 1.165) is 30.2 Å². The SMILES string of the molecule is Nc1ccc(Nc2ccc(N(Cc3ccccc3)Cc3ccccc3)cc2)cc1. The third-order valence-corrected chi connectivity index (χ3v) is 4.86. The van der Waals surface area contributed by atoms with Crippen LogP contribution in [0.4, 0.5) is 22.7 Å². The molecule has 4 rings (SSSR count). The van der Waals surface area contributed by atoms with Crippen molar-refractivity contribution in [1.82, 2.24) is 0 Å². The zero-order valence-corrected chi connectivity index (χ0v) is 16.3. The van der Waals surface area contributed by atoms with Gasteiger partial charge in [-0.1, -0.05) is 60.7 Å². The molecule has 0 saturated carbocycles. The third-order valence-electron chi connectivity index (χ3n) is 4.86. The Morgan fingerprint density at radius 3 is 1.48 bits per heavy atom. The van der Waals surface area contributed by atoms with Gasteiger partial charge >= 0.3 is 0 Å². The number of rotatable bonds is 7. The van der Waals surface area contributed by atoms with Crippen molar-refractivity contribution in [2.24, 2.45) is 0 Å². The van der Waals surface area contributed by atoms with Gasteiger partial charge in [-0.15, -0.1) is 0 Å². The molecule has 0 heterocycles. The van der Waals surface area contributed by atoms with Crippen LogP contribution in [-0.2, 0) is 13.1 Å². The van der Waals surface area contributed by atoms with E-state index >= 15 is 0 Å². The molecule has 3 nitrogen and oxygen atoms in total. The van der Waals surface area contributed by atoms with E-state index in [9.17, 15) is 0 Å². The highest BCUT2D eigenvalue weighted by Gasteiger charge is 2.09. The Bertz CT molecular complexity index is 970. The third kappa shape index (κ3) is 5.17. The molecular weight excluding hydrogens is 354 g/mol. The number of nitrogens with zero attached hydrogens (tertiary/aromatic N) is 1. The van der Waals surface area contributed by atoms with E-state index in [0.29, 0.717) is 0 Å². The minimum Gasteiger partial charge on any atom is -0.399 e. The van der Waals surface area contributed by atoms with Crippen molar-refractivity contribution < 1.29 is 0 Å². The molecule has 0 radical (unpaired) electrons. The molecule has 0 aliphatic heterocycles. The number of nitrogens with one attached hydrogen (secondary N) is 1. The molecule has 3 heteroatoms. The smallest absolute Gasteiger partial charge is 0.0433 e. The molecule has 0 saturated heterocycles. The number of hydrogen-bond acceptors (Lipinski definition) is 3. The molecule has 0 bridgehead atoms. The number of nitrogen functional groups attached to an aromatic ring is 1. The largest absolute Gasteiger partial charge is 0.399 e. The van der Waals surface area contributed by atoms with Gasteiger partial charge in [0.15, 0.2) is 0 Å². The summed E-state index contributed by atoms with van der Waals surface area (Å²) >= 11 is 0. The van der Waals surface area contributed by atoms with Gasteiger partial charge in [0.1, 0.15) is 0 Å². The summed E-state index contributed by atoms with van der Waals surface area (Å²) in [5.41, 5.74) is 12.4. The van der Waals surface area contributed by atoms with Gasteiger partial charge in [-0.2, -0.15) is 0 Å². The topological polar surface area (TPSA) is 41.3 Å². The highest BCUT2D eigenvalue weighted by atomic mass is 15.1. The Kier molecular flexibility index (Phi) is 5.77. The van der Waals surface area contributed by atoms with E-state index < -0.39 is 0 Å². The summed E-state index contributed by atoms with van der Waals surface area (Å²) in [7, 11) is 0. The molecule has 0 spiro atoms. The molecule has 4 aromatic carbocycles.